The first kappa shape index (κ1) is 15.1. The number of carbonyl (C=O) groups is 1. The van der Waals surface area contributed by atoms with E-state index in [1.54, 1.807) is 26.0 Å². The third kappa shape index (κ3) is 3.24. The Labute approximate surface area is 120 Å². The molecule has 0 spiro atoms. The number of halogens is 3. The minimum atomic E-state index is -1.18. The smallest absolute Gasteiger partial charge is 0.254 e. The summed E-state index contributed by atoms with van der Waals surface area (Å²) in [6, 6.07) is 6.61. The van der Waals surface area contributed by atoms with Crippen molar-refractivity contribution in [1.82, 2.24) is 5.32 Å². The lowest BCUT2D eigenvalue weighted by atomic mass is 10.1. The average Bonchev–Trinajstić information content (AvgIpc) is 2.45. The summed E-state index contributed by atoms with van der Waals surface area (Å²) in [6.45, 7) is 3.36. The van der Waals surface area contributed by atoms with Gasteiger partial charge in [0.2, 0.25) is 0 Å². The van der Waals surface area contributed by atoms with E-state index in [0.29, 0.717) is 16.7 Å². The highest BCUT2D eigenvalue weighted by molar-refractivity contribution is 5.94. The van der Waals surface area contributed by atoms with Crippen LogP contribution < -0.4 is 5.32 Å². The molecule has 0 atom stereocenters. The molecule has 110 valence electrons. The monoisotopic (exact) mass is 293 g/mol. The lowest BCUT2D eigenvalue weighted by Crippen LogP contribution is -2.24. The van der Waals surface area contributed by atoms with E-state index < -0.39 is 17.5 Å². The van der Waals surface area contributed by atoms with E-state index >= 15 is 0 Å². The zero-order valence-corrected chi connectivity index (χ0v) is 11.6. The Morgan fingerprint density at radius 2 is 1.67 bits per heavy atom. The van der Waals surface area contributed by atoms with Gasteiger partial charge in [0.15, 0.2) is 11.6 Å². The highest BCUT2D eigenvalue weighted by Crippen LogP contribution is 2.15. The van der Waals surface area contributed by atoms with Gasteiger partial charge < -0.3 is 5.32 Å². The Morgan fingerprint density at radius 1 is 1.05 bits per heavy atom. The van der Waals surface area contributed by atoms with Crippen molar-refractivity contribution in [2.45, 2.75) is 20.4 Å². The van der Waals surface area contributed by atoms with Gasteiger partial charge in [0.25, 0.3) is 5.91 Å². The maximum Gasteiger partial charge on any atom is 0.254 e. The molecule has 0 aliphatic rings. The van der Waals surface area contributed by atoms with E-state index in [2.05, 4.69) is 5.32 Å². The van der Waals surface area contributed by atoms with Crippen LogP contribution in [0.2, 0.25) is 0 Å². The number of aryl methyl sites for hydroxylation is 2. The van der Waals surface area contributed by atoms with Crippen molar-refractivity contribution in [3.05, 3.63) is 70.0 Å². The lowest BCUT2D eigenvalue weighted by molar-refractivity contribution is 0.0946. The van der Waals surface area contributed by atoms with Crippen LogP contribution in [-0.2, 0) is 6.54 Å². The van der Waals surface area contributed by atoms with Crippen molar-refractivity contribution in [3.63, 3.8) is 0 Å². The Kier molecular flexibility index (Phi) is 4.31. The minimum absolute atomic E-state index is 0.108. The Morgan fingerprint density at radius 3 is 2.29 bits per heavy atom. The number of hydrogen-bond donors (Lipinski definition) is 1. The highest BCUT2D eigenvalue weighted by Gasteiger charge is 2.15. The standard InChI is InChI=1S/C16H14F3NO/c1-9-6-11(7-10(2)14(9)18)8-20-16(21)12-4-3-5-13(17)15(12)19/h3-7H,8H2,1-2H3,(H,20,21). The first-order valence-corrected chi connectivity index (χ1v) is 6.38. The molecule has 0 saturated heterocycles. The summed E-state index contributed by atoms with van der Waals surface area (Å²) in [5, 5.41) is 2.49. The molecule has 21 heavy (non-hydrogen) atoms. The van der Waals surface area contributed by atoms with Crippen molar-refractivity contribution in [1.29, 1.82) is 0 Å². The molecule has 2 rings (SSSR count). The Hall–Kier alpha value is -2.30. The molecule has 2 aromatic rings. The summed E-state index contributed by atoms with van der Waals surface area (Å²) in [5.74, 6) is -3.26. The molecular formula is C16H14F3NO. The first-order chi connectivity index (χ1) is 9.90. The molecule has 0 aliphatic carbocycles. The van der Waals surface area contributed by atoms with Crippen LogP contribution >= 0.6 is 0 Å². The van der Waals surface area contributed by atoms with Crippen LogP contribution in [0.1, 0.15) is 27.0 Å². The van der Waals surface area contributed by atoms with Gasteiger partial charge in [-0.3, -0.25) is 4.79 Å². The second-order valence-electron chi connectivity index (χ2n) is 4.83. The SMILES string of the molecule is Cc1cc(CNC(=O)c2cccc(F)c2F)cc(C)c1F. The summed E-state index contributed by atoms with van der Waals surface area (Å²) < 4.78 is 40.0. The zero-order chi connectivity index (χ0) is 15.6. The number of nitrogens with one attached hydrogen (secondary N) is 1. The van der Waals surface area contributed by atoms with Crippen LogP contribution in [0.25, 0.3) is 0 Å². The predicted octanol–water partition coefficient (Wildman–Crippen LogP) is 3.65. The minimum Gasteiger partial charge on any atom is -0.348 e. The van der Waals surface area contributed by atoms with Gasteiger partial charge >= 0.3 is 0 Å². The molecule has 0 saturated carbocycles. The molecule has 2 nitrogen and oxygen atoms in total. The van der Waals surface area contributed by atoms with Gasteiger partial charge in [-0.2, -0.15) is 0 Å². The topological polar surface area (TPSA) is 29.1 Å². The number of hydrogen-bond acceptors (Lipinski definition) is 1. The average molecular weight is 293 g/mol. The van der Waals surface area contributed by atoms with Crippen LogP contribution in [0.3, 0.4) is 0 Å². The van der Waals surface area contributed by atoms with Gasteiger partial charge in [-0.05, 0) is 42.7 Å². The predicted molar refractivity (Wildman–Crippen MR) is 73.4 cm³/mol. The lowest BCUT2D eigenvalue weighted by Gasteiger charge is -2.09. The first-order valence-electron chi connectivity index (χ1n) is 6.38. The van der Waals surface area contributed by atoms with Gasteiger partial charge in [-0.1, -0.05) is 18.2 Å². The molecule has 0 fully saturated rings. The highest BCUT2D eigenvalue weighted by atomic mass is 19.2. The van der Waals surface area contributed by atoms with E-state index in [-0.39, 0.29) is 17.9 Å². The molecule has 0 aliphatic heterocycles. The molecule has 1 N–H and O–H groups in total. The molecule has 0 radical (unpaired) electrons. The van der Waals surface area contributed by atoms with Crippen molar-refractivity contribution in [2.24, 2.45) is 0 Å². The number of benzene rings is 2. The summed E-state index contributed by atoms with van der Waals surface area (Å²) >= 11 is 0. The van der Waals surface area contributed by atoms with Crippen LogP contribution in [0, 0.1) is 31.3 Å². The summed E-state index contributed by atoms with van der Waals surface area (Å²) in [7, 11) is 0. The van der Waals surface area contributed by atoms with Gasteiger partial charge in [-0.15, -0.1) is 0 Å². The van der Waals surface area contributed by atoms with Crippen molar-refractivity contribution in [3.8, 4) is 0 Å². The molecule has 1 amide bonds. The molecule has 0 bridgehead atoms. The summed E-state index contributed by atoms with van der Waals surface area (Å²) in [4.78, 5) is 11.8. The molecular weight excluding hydrogens is 279 g/mol. The van der Waals surface area contributed by atoms with E-state index in [0.717, 1.165) is 6.07 Å². The molecule has 2 aromatic carbocycles. The van der Waals surface area contributed by atoms with E-state index in [9.17, 15) is 18.0 Å². The van der Waals surface area contributed by atoms with E-state index in [4.69, 9.17) is 0 Å². The third-order valence-corrected chi connectivity index (χ3v) is 3.15. The Balaban J connectivity index is 2.13. The largest absolute Gasteiger partial charge is 0.348 e. The fourth-order valence-corrected chi connectivity index (χ4v) is 2.09. The fraction of sp³-hybridized carbons (Fsp3) is 0.188. The third-order valence-electron chi connectivity index (χ3n) is 3.15. The summed E-state index contributed by atoms with van der Waals surface area (Å²) in [6.07, 6.45) is 0. The maximum atomic E-state index is 13.5. The van der Waals surface area contributed by atoms with Crippen LogP contribution in [-0.4, -0.2) is 5.91 Å². The van der Waals surface area contributed by atoms with Gasteiger partial charge in [-0.25, -0.2) is 13.2 Å². The second-order valence-corrected chi connectivity index (χ2v) is 4.83. The zero-order valence-electron chi connectivity index (χ0n) is 11.6. The van der Waals surface area contributed by atoms with Crippen LogP contribution in [0.5, 0.6) is 0 Å². The van der Waals surface area contributed by atoms with Crippen LogP contribution in [0.4, 0.5) is 13.2 Å². The molecule has 0 heterocycles. The normalized spacial score (nSPS) is 10.5. The molecule has 0 unspecified atom stereocenters. The van der Waals surface area contributed by atoms with Gasteiger partial charge in [0.1, 0.15) is 5.82 Å². The van der Waals surface area contributed by atoms with Crippen molar-refractivity contribution in [2.75, 3.05) is 0 Å². The Bertz CT molecular complexity index is 675. The summed E-state index contributed by atoms with van der Waals surface area (Å²) in [5.41, 5.74) is 1.27. The second kappa shape index (κ2) is 5.99. The quantitative estimate of drug-likeness (QED) is 0.919. The number of carbonyl (C=O) groups excluding carboxylic acids is 1. The van der Waals surface area contributed by atoms with Gasteiger partial charge in [0.05, 0.1) is 5.56 Å². The van der Waals surface area contributed by atoms with Crippen molar-refractivity contribution >= 4 is 5.91 Å². The molecule has 5 heteroatoms. The van der Waals surface area contributed by atoms with Crippen LogP contribution in [0.15, 0.2) is 30.3 Å². The maximum absolute atomic E-state index is 13.5. The number of rotatable bonds is 3. The van der Waals surface area contributed by atoms with E-state index in [1.807, 2.05) is 0 Å². The van der Waals surface area contributed by atoms with E-state index in [1.165, 1.54) is 12.1 Å². The molecule has 0 aromatic heterocycles. The number of amides is 1. The van der Waals surface area contributed by atoms with Crippen molar-refractivity contribution < 1.29 is 18.0 Å². The fourth-order valence-electron chi connectivity index (χ4n) is 2.09. The van der Waals surface area contributed by atoms with Gasteiger partial charge in [0, 0.05) is 6.54 Å².